The van der Waals surface area contributed by atoms with E-state index in [1.807, 2.05) is 4.90 Å². The van der Waals surface area contributed by atoms with Gasteiger partial charge in [-0.05, 0) is 68.6 Å². The SMILES string of the molecule is O=C(O)C1CCN(C(=O)C2C3CC4CC(C3)CC2C4)CC1. The summed E-state index contributed by atoms with van der Waals surface area (Å²) in [7, 11) is 0. The molecular weight excluding hydrogens is 266 g/mol. The van der Waals surface area contributed by atoms with Crippen molar-refractivity contribution in [2.75, 3.05) is 13.1 Å². The number of carboxylic acids is 1. The maximum atomic E-state index is 12.9. The van der Waals surface area contributed by atoms with Crippen LogP contribution in [0.5, 0.6) is 0 Å². The van der Waals surface area contributed by atoms with Crippen LogP contribution >= 0.6 is 0 Å². The molecule has 5 rings (SSSR count). The highest BCUT2D eigenvalue weighted by molar-refractivity contribution is 5.80. The monoisotopic (exact) mass is 291 g/mol. The molecule has 4 heteroatoms. The van der Waals surface area contributed by atoms with Gasteiger partial charge < -0.3 is 10.0 Å². The van der Waals surface area contributed by atoms with E-state index in [9.17, 15) is 9.59 Å². The van der Waals surface area contributed by atoms with Gasteiger partial charge in [0.25, 0.3) is 0 Å². The van der Waals surface area contributed by atoms with Crippen molar-refractivity contribution < 1.29 is 14.7 Å². The lowest BCUT2D eigenvalue weighted by molar-refractivity contribution is -0.153. The fourth-order valence-electron chi connectivity index (χ4n) is 5.89. The number of nitrogens with zero attached hydrogens (tertiary/aromatic N) is 1. The molecule has 1 heterocycles. The standard InChI is InChI=1S/C17H25NO3/c19-16(18-3-1-12(2-4-18)17(20)21)15-13-6-10-5-11(8-13)9-14(15)7-10/h10-15H,1-9H2,(H,20,21). The van der Waals surface area contributed by atoms with Gasteiger partial charge in [0, 0.05) is 19.0 Å². The van der Waals surface area contributed by atoms with E-state index in [1.54, 1.807) is 0 Å². The first-order valence-electron chi connectivity index (χ1n) is 8.63. The highest BCUT2D eigenvalue weighted by Gasteiger charge is 2.51. The molecule has 0 aromatic heterocycles. The largest absolute Gasteiger partial charge is 0.481 e. The molecule has 0 radical (unpaired) electrons. The topological polar surface area (TPSA) is 57.6 Å². The molecule has 4 aliphatic carbocycles. The van der Waals surface area contributed by atoms with E-state index >= 15 is 0 Å². The van der Waals surface area contributed by atoms with Crippen LogP contribution in [-0.2, 0) is 9.59 Å². The molecule has 1 N–H and O–H groups in total. The van der Waals surface area contributed by atoms with Crippen LogP contribution in [-0.4, -0.2) is 35.0 Å². The molecule has 0 aromatic carbocycles. The van der Waals surface area contributed by atoms with Gasteiger partial charge in [0.1, 0.15) is 0 Å². The van der Waals surface area contributed by atoms with Crippen molar-refractivity contribution in [3.63, 3.8) is 0 Å². The van der Waals surface area contributed by atoms with Crippen molar-refractivity contribution in [2.24, 2.45) is 35.5 Å². The lowest BCUT2D eigenvalue weighted by Crippen LogP contribution is -2.53. The summed E-state index contributed by atoms with van der Waals surface area (Å²) in [6.45, 7) is 1.30. The lowest BCUT2D eigenvalue weighted by atomic mass is 9.51. The zero-order valence-electron chi connectivity index (χ0n) is 12.5. The van der Waals surface area contributed by atoms with Crippen molar-refractivity contribution in [1.29, 1.82) is 0 Å². The third-order valence-electron chi connectivity index (χ3n) is 6.67. The van der Waals surface area contributed by atoms with Crippen molar-refractivity contribution >= 4 is 11.9 Å². The smallest absolute Gasteiger partial charge is 0.306 e. The van der Waals surface area contributed by atoms with Crippen LogP contribution in [0.4, 0.5) is 0 Å². The summed E-state index contributed by atoms with van der Waals surface area (Å²) >= 11 is 0. The molecular formula is C17H25NO3. The van der Waals surface area contributed by atoms with E-state index in [0.717, 1.165) is 11.8 Å². The van der Waals surface area contributed by atoms with E-state index in [-0.39, 0.29) is 11.8 Å². The van der Waals surface area contributed by atoms with Gasteiger partial charge in [-0.3, -0.25) is 9.59 Å². The molecule has 0 atom stereocenters. The average molecular weight is 291 g/mol. The van der Waals surface area contributed by atoms with Gasteiger partial charge in [-0.15, -0.1) is 0 Å². The van der Waals surface area contributed by atoms with Crippen molar-refractivity contribution in [1.82, 2.24) is 4.90 Å². The maximum absolute atomic E-state index is 12.9. The van der Waals surface area contributed by atoms with Gasteiger partial charge in [-0.25, -0.2) is 0 Å². The Morgan fingerprint density at radius 3 is 1.86 bits per heavy atom. The molecule has 5 fully saturated rings. The van der Waals surface area contributed by atoms with Gasteiger partial charge >= 0.3 is 5.97 Å². The van der Waals surface area contributed by atoms with Crippen LogP contribution < -0.4 is 0 Å². The summed E-state index contributed by atoms with van der Waals surface area (Å²) in [4.78, 5) is 26.0. The molecule has 1 amide bonds. The Morgan fingerprint density at radius 2 is 1.38 bits per heavy atom. The Hall–Kier alpha value is -1.06. The van der Waals surface area contributed by atoms with Crippen molar-refractivity contribution in [3.05, 3.63) is 0 Å². The number of carbonyl (C=O) groups excluding carboxylic acids is 1. The molecule has 4 nitrogen and oxygen atoms in total. The summed E-state index contributed by atoms with van der Waals surface area (Å²) in [5.74, 6) is 2.73. The van der Waals surface area contributed by atoms with Crippen molar-refractivity contribution in [2.45, 2.75) is 44.9 Å². The fraction of sp³-hybridized carbons (Fsp3) is 0.882. The van der Waals surface area contributed by atoms with Crippen LogP contribution in [0.25, 0.3) is 0 Å². The first-order chi connectivity index (χ1) is 10.1. The van der Waals surface area contributed by atoms with E-state index in [0.29, 0.717) is 43.7 Å². The molecule has 0 spiro atoms. The molecule has 4 saturated carbocycles. The van der Waals surface area contributed by atoms with Crippen LogP contribution in [0, 0.1) is 35.5 Å². The van der Waals surface area contributed by atoms with Gasteiger partial charge in [-0.1, -0.05) is 0 Å². The van der Waals surface area contributed by atoms with E-state index in [4.69, 9.17) is 5.11 Å². The zero-order valence-corrected chi connectivity index (χ0v) is 12.5. The maximum Gasteiger partial charge on any atom is 0.306 e. The molecule has 116 valence electrons. The molecule has 0 aromatic rings. The number of carbonyl (C=O) groups is 2. The number of hydrogen-bond donors (Lipinski definition) is 1. The zero-order chi connectivity index (χ0) is 14.6. The predicted octanol–water partition coefficient (Wildman–Crippen LogP) is 2.38. The Balaban J connectivity index is 1.43. The van der Waals surface area contributed by atoms with Crippen LogP contribution in [0.3, 0.4) is 0 Å². The highest BCUT2D eigenvalue weighted by atomic mass is 16.4. The molecule has 4 bridgehead atoms. The number of carboxylic acid groups (broad SMARTS) is 1. The summed E-state index contributed by atoms with van der Waals surface area (Å²) < 4.78 is 0. The third kappa shape index (κ3) is 2.27. The Bertz CT molecular complexity index is 425. The number of rotatable bonds is 2. The molecule has 21 heavy (non-hydrogen) atoms. The lowest BCUT2D eigenvalue weighted by Gasteiger charge is -2.54. The minimum absolute atomic E-state index is 0.243. The van der Waals surface area contributed by atoms with E-state index in [2.05, 4.69) is 0 Å². The normalized spacial score (nSPS) is 42.3. The second-order valence-corrected chi connectivity index (χ2v) is 7.89. The minimum atomic E-state index is -0.697. The molecule has 5 aliphatic rings. The predicted molar refractivity (Wildman–Crippen MR) is 77.5 cm³/mol. The van der Waals surface area contributed by atoms with Gasteiger partial charge in [0.05, 0.1) is 5.92 Å². The number of piperidine rings is 1. The Labute approximate surface area is 125 Å². The Morgan fingerprint density at radius 1 is 0.857 bits per heavy atom. The summed E-state index contributed by atoms with van der Waals surface area (Å²) in [6.07, 6.45) is 7.77. The van der Waals surface area contributed by atoms with Crippen molar-refractivity contribution in [3.8, 4) is 0 Å². The fourth-order valence-corrected chi connectivity index (χ4v) is 5.89. The van der Waals surface area contributed by atoms with Crippen LogP contribution in [0.2, 0.25) is 0 Å². The summed E-state index contributed by atoms with van der Waals surface area (Å²) in [5.41, 5.74) is 0. The second kappa shape index (κ2) is 4.99. The van der Waals surface area contributed by atoms with E-state index in [1.165, 1.54) is 32.1 Å². The molecule has 0 unspecified atom stereocenters. The summed E-state index contributed by atoms with van der Waals surface area (Å²) in [5, 5.41) is 9.07. The first kappa shape index (κ1) is 13.6. The van der Waals surface area contributed by atoms with Gasteiger partial charge in [0.15, 0.2) is 0 Å². The van der Waals surface area contributed by atoms with Crippen LogP contribution in [0.1, 0.15) is 44.9 Å². The first-order valence-corrected chi connectivity index (χ1v) is 8.63. The quantitative estimate of drug-likeness (QED) is 0.850. The number of hydrogen-bond acceptors (Lipinski definition) is 2. The highest BCUT2D eigenvalue weighted by Crippen LogP contribution is 2.56. The van der Waals surface area contributed by atoms with E-state index < -0.39 is 5.97 Å². The summed E-state index contributed by atoms with van der Waals surface area (Å²) in [6, 6.07) is 0. The average Bonchev–Trinajstić information content (AvgIpc) is 2.46. The third-order valence-corrected chi connectivity index (χ3v) is 6.67. The molecule has 1 saturated heterocycles. The molecule has 1 aliphatic heterocycles. The second-order valence-electron chi connectivity index (χ2n) is 7.89. The number of amides is 1. The minimum Gasteiger partial charge on any atom is -0.481 e. The number of likely N-dealkylation sites (tertiary alicyclic amines) is 1. The Kier molecular flexibility index (Phi) is 3.23. The van der Waals surface area contributed by atoms with Gasteiger partial charge in [0.2, 0.25) is 5.91 Å². The van der Waals surface area contributed by atoms with Gasteiger partial charge in [-0.2, -0.15) is 0 Å². The number of aliphatic carboxylic acids is 1. The van der Waals surface area contributed by atoms with Crippen LogP contribution in [0.15, 0.2) is 0 Å².